The van der Waals surface area contributed by atoms with Gasteiger partial charge in [-0.25, -0.2) is 4.98 Å². The van der Waals surface area contributed by atoms with Crippen LogP contribution in [-0.2, 0) is 11.2 Å². The highest BCUT2D eigenvalue weighted by Gasteiger charge is 2.39. The molecule has 1 saturated heterocycles. The summed E-state index contributed by atoms with van der Waals surface area (Å²) in [6.07, 6.45) is 2.15. The number of aromatic nitrogens is 3. The van der Waals surface area contributed by atoms with Crippen LogP contribution in [0.1, 0.15) is 46.3 Å². The summed E-state index contributed by atoms with van der Waals surface area (Å²) in [5.41, 5.74) is 1.83. The molecule has 1 aliphatic rings. The number of likely N-dealkylation sites (tertiary alicyclic amines) is 1. The molecule has 7 heteroatoms. The number of aryl methyl sites for hydroxylation is 2. The number of benzene rings is 2. The van der Waals surface area contributed by atoms with E-state index >= 15 is 0 Å². The highest BCUT2D eigenvalue weighted by molar-refractivity contribution is 5.94. The van der Waals surface area contributed by atoms with Gasteiger partial charge in [-0.1, -0.05) is 48.5 Å². The van der Waals surface area contributed by atoms with Gasteiger partial charge in [0, 0.05) is 25.1 Å². The molecule has 2 atom stereocenters. The van der Waals surface area contributed by atoms with E-state index in [4.69, 9.17) is 0 Å². The first-order valence-corrected chi connectivity index (χ1v) is 10.7. The maximum Gasteiger partial charge on any atom is 0.251 e. The van der Waals surface area contributed by atoms with Crippen LogP contribution in [0.3, 0.4) is 0 Å². The topological polar surface area (TPSA) is 91.0 Å². The predicted molar refractivity (Wildman–Crippen MR) is 118 cm³/mol. The minimum absolute atomic E-state index is 0.102. The summed E-state index contributed by atoms with van der Waals surface area (Å²) in [6.45, 7) is 2.80. The molecule has 2 amide bonds. The molecule has 7 nitrogen and oxygen atoms in total. The standard InChI is InChI=1S/C24H27N5O2/c1-17-25-23(28-27-17)20-15-29(22(30)14-8-11-18-9-4-2-5-10-18)16-21(20)26-24(31)19-12-6-3-7-13-19/h2-7,9-10,12-13,20-21H,8,11,14-16H2,1H3,(H,26,31)(H,25,27,28)/t20-,21-/m1/s1. The van der Waals surface area contributed by atoms with Crippen molar-refractivity contribution < 1.29 is 9.59 Å². The molecule has 0 unspecified atom stereocenters. The summed E-state index contributed by atoms with van der Waals surface area (Å²) in [5.74, 6) is 1.16. The third kappa shape index (κ3) is 5.17. The number of nitrogens with zero attached hydrogens (tertiary/aromatic N) is 3. The third-order valence-electron chi connectivity index (χ3n) is 5.67. The zero-order valence-electron chi connectivity index (χ0n) is 17.6. The highest BCUT2D eigenvalue weighted by Crippen LogP contribution is 2.26. The van der Waals surface area contributed by atoms with Gasteiger partial charge in [0.25, 0.3) is 5.91 Å². The van der Waals surface area contributed by atoms with Crippen molar-refractivity contribution in [3.63, 3.8) is 0 Å². The number of carbonyl (C=O) groups is 2. The van der Waals surface area contributed by atoms with Crippen molar-refractivity contribution in [2.75, 3.05) is 13.1 Å². The van der Waals surface area contributed by atoms with E-state index in [1.54, 1.807) is 12.1 Å². The van der Waals surface area contributed by atoms with Crippen LogP contribution in [-0.4, -0.2) is 51.0 Å². The molecule has 2 aromatic carbocycles. The number of H-pyrrole nitrogens is 1. The molecule has 0 aliphatic carbocycles. The number of hydrogen-bond donors (Lipinski definition) is 2. The molecular weight excluding hydrogens is 390 g/mol. The molecule has 1 aromatic heterocycles. The Bertz CT molecular complexity index is 1020. The fraction of sp³-hybridized carbons (Fsp3) is 0.333. The second kappa shape index (κ2) is 9.55. The van der Waals surface area contributed by atoms with E-state index in [0.29, 0.717) is 30.9 Å². The zero-order chi connectivity index (χ0) is 21.6. The number of nitrogens with one attached hydrogen (secondary N) is 2. The lowest BCUT2D eigenvalue weighted by atomic mass is 10.0. The number of carbonyl (C=O) groups excluding carboxylic acids is 2. The van der Waals surface area contributed by atoms with Crippen LogP contribution in [0.25, 0.3) is 0 Å². The molecule has 2 heterocycles. The van der Waals surface area contributed by atoms with Crippen molar-refractivity contribution in [1.29, 1.82) is 0 Å². The molecule has 1 fully saturated rings. The van der Waals surface area contributed by atoms with Gasteiger partial charge >= 0.3 is 0 Å². The normalized spacial score (nSPS) is 18.2. The van der Waals surface area contributed by atoms with Gasteiger partial charge in [-0.2, -0.15) is 5.10 Å². The van der Waals surface area contributed by atoms with Crippen molar-refractivity contribution in [1.82, 2.24) is 25.4 Å². The Morgan fingerprint density at radius 3 is 2.45 bits per heavy atom. The van der Waals surface area contributed by atoms with Gasteiger partial charge in [-0.3, -0.25) is 14.7 Å². The zero-order valence-corrected chi connectivity index (χ0v) is 17.6. The average molecular weight is 418 g/mol. The number of aromatic amines is 1. The summed E-state index contributed by atoms with van der Waals surface area (Å²) < 4.78 is 0. The SMILES string of the molecule is Cc1nc([C@@H]2CN(C(=O)CCCc3ccccc3)C[C@H]2NC(=O)c2ccccc2)n[nH]1. The monoisotopic (exact) mass is 417 g/mol. The van der Waals surface area contributed by atoms with Gasteiger partial charge in [0.1, 0.15) is 5.82 Å². The predicted octanol–water partition coefficient (Wildman–Crippen LogP) is 2.86. The summed E-state index contributed by atoms with van der Waals surface area (Å²) in [7, 11) is 0. The molecule has 0 radical (unpaired) electrons. The van der Waals surface area contributed by atoms with E-state index in [9.17, 15) is 9.59 Å². The average Bonchev–Trinajstić information content (AvgIpc) is 3.41. The third-order valence-corrected chi connectivity index (χ3v) is 5.67. The summed E-state index contributed by atoms with van der Waals surface area (Å²) >= 11 is 0. The molecule has 0 spiro atoms. The van der Waals surface area contributed by atoms with E-state index in [-0.39, 0.29) is 23.8 Å². The first kappa shape index (κ1) is 20.8. The van der Waals surface area contributed by atoms with E-state index < -0.39 is 0 Å². The van der Waals surface area contributed by atoms with E-state index in [2.05, 4.69) is 32.6 Å². The van der Waals surface area contributed by atoms with Crippen molar-refractivity contribution in [2.24, 2.45) is 0 Å². The molecule has 31 heavy (non-hydrogen) atoms. The first-order chi connectivity index (χ1) is 15.1. The van der Waals surface area contributed by atoms with Crippen LogP contribution in [0.4, 0.5) is 0 Å². The van der Waals surface area contributed by atoms with E-state index in [1.165, 1.54) is 5.56 Å². The van der Waals surface area contributed by atoms with Crippen molar-refractivity contribution in [3.8, 4) is 0 Å². The van der Waals surface area contributed by atoms with Gasteiger partial charge in [-0.05, 0) is 37.5 Å². The Hall–Kier alpha value is -3.48. The van der Waals surface area contributed by atoms with Crippen molar-refractivity contribution in [2.45, 2.75) is 38.1 Å². The summed E-state index contributed by atoms with van der Waals surface area (Å²) in [4.78, 5) is 31.9. The molecule has 0 bridgehead atoms. The van der Waals surface area contributed by atoms with Crippen LogP contribution >= 0.6 is 0 Å². The highest BCUT2D eigenvalue weighted by atomic mass is 16.2. The molecule has 1 aliphatic heterocycles. The second-order valence-electron chi connectivity index (χ2n) is 7.97. The van der Waals surface area contributed by atoms with Crippen molar-refractivity contribution >= 4 is 11.8 Å². The van der Waals surface area contributed by atoms with Crippen molar-refractivity contribution in [3.05, 3.63) is 83.4 Å². The first-order valence-electron chi connectivity index (χ1n) is 10.7. The maximum absolute atomic E-state index is 12.9. The summed E-state index contributed by atoms with van der Waals surface area (Å²) in [5, 5.41) is 10.3. The Morgan fingerprint density at radius 2 is 1.77 bits per heavy atom. The Labute approximate surface area is 181 Å². The van der Waals surface area contributed by atoms with Crippen LogP contribution in [0, 0.1) is 6.92 Å². The smallest absolute Gasteiger partial charge is 0.251 e. The summed E-state index contributed by atoms with van der Waals surface area (Å²) in [6, 6.07) is 19.1. The van der Waals surface area contributed by atoms with Crippen LogP contribution in [0.15, 0.2) is 60.7 Å². The fourth-order valence-electron chi connectivity index (χ4n) is 4.03. The molecule has 2 N–H and O–H groups in total. The van der Waals surface area contributed by atoms with E-state index in [1.807, 2.05) is 48.2 Å². The second-order valence-corrected chi connectivity index (χ2v) is 7.97. The molecule has 0 saturated carbocycles. The lowest BCUT2D eigenvalue weighted by molar-refractivity contribution is -0.130. The molecule has 3 aromatic rings. The minimum Gasteiger partial charge on any atom is -0.347 e. The van der Waals surface area contributed by atoms with Gasteiger partial charge in [0.05, 0.1) is 12.0 Å². The maximum atomic E-state index is 12.9. The quantitative estimate of drug-likeness (QED) is 0.618. The van der Waals surface area contributed by atoms with Gasteiger partial charge in [-0.15, -0.1) is 0 Å². The molecule has 4 rings (SSSR count). The Morgan fingerprint density at radius 1 is 1.06 bits per heavy atom. The lowest BCUT2D eigenvalue weighted by Crippen LogP contribution is -2.40. The number of amides is 2. The number of hydrogen-bond acceptors (Lipinski definition) is 4. The van der Waals surface area contributed by atoms with Crippen LogP contribution in [0.2, 0.25) is 0 Å². The minimum atomic E-state index is -0.235. The fourth-order valence-corrected chi connectivity index (χ4v) is 4.03. The van der Waals surface area contributed by atoms with E-state index in [0.717, 1.165) is 18.7 Å². The van der Waals surface area contributed by atoms with Gasteiger partial charge < -0.3 is 10.2 Å². The molecule has 160 valence electrons. The van der Waals surface area contributed by atoms with Gasteiger partial charge in [0.15, 0.2) is 5.82 Å². The van der Waals surface area contributed by atoms with Crippen LogP contribution in [0.5, 0.6) is 0 Å². The lowest BCUT2D eigenvalue weighted by Gasteiger charge is -2.18. The largest absolute Gasteiger partial charge is 0.347 e. The Kier molecular flexibility index (Phi) is 6.40. The van der Waals surface area contributed by atoms with Crippen LogP contribution < -0.4 is 5.32 Å². The molecular formula is C24H27N5O2. The van der Waals surface area contributed by atoms with Gasteiger partial charge in [0.2, 0.25) is 5.91 Å². The number of rotatable bonds is 7. The Balaban J connectivity index is 1.41.